The van der Waals surface area contributed by atoms with Crippen LogP contribution in [0.3, 0.4) is 0 Å². The molecule has 5 N–H and O–H groups in total. The largest absolute Gasteiger partial charge is 0.463 e. The first-order valence-electron chi connectivity index (χ1n) is 8.93. The summed E-state index contributed by atoms with van der Waals surface area (Å²) in [5, 5.41) is 2.78. The number of esters is 1. The molecule has 9 heteroatoms. The molecule has 9 nitrogen and oxygen atoms in total. The van der Waals surface area contributed by atoms with Crippen LogP contribution in [0, 0.1) is 5.92 Å². The Morgan fingerprint density at radius 2 is 1.92 bits per heavy atom. The molecule has 0 aliphatic heterocycles. The van der Waals surface area contributed by atoms with E-state index in [2.05, 4.69) is 16.3 Å². The van der Waals surface area contributed by atoms with Crippen LogP contribution in [0.2, 0.25) is 0 Å². The second-order valence-electron chi connectivity index (χ2n) is 6.12. The summed E-state index contributed by atoms with van der Waals surface area (Å²) in [4.78, 5) is 36.3. The van der Waals surface area contributed by atoms with Gasteiger partial charge >= 0.3 is 5.97 Å². The predicted molar refractivity (Wildman–Crippen MR) is 95.1 cm³/mol. The molecule has 148 valence electrons. The molecule has 1 rings (SSSR count). The number of nitrogens with two attached hydrogens (primary N) is 1. The van der Waals surface area contributed by atoms with Crippen molar-refractivity contribution >= 4 is 17.8 Å². The minimum atomic E-state index is -0.737. The molecular formula is C17H30N4O5. The van der Waals surface area contributed by atoms with Gasteiger partial charge in [0.25, 0.3) is 0 Å². The zero-order valence-electron chi connectivity index (χ0n) is 15.8. The summed E-state index contributed by atoms with van der Waals surface area (Å²) < 4.78 is 11.2. The Morgan fingerprint density at radius 3 is 2.42 bits per heavy atom. The third-order valence-electron chi connectivity index (χ3n) is 4.29. The van der Waals surface area contributed by atoms with Crippen LogP contribution in [0.25, 0.3) is 0 Å². The topological polar surface area (TPSA) is 132 Å². The van der Waals surface area contributed by atoms with Gasteiger partial charge in [-0.2, -0.15) is 5.53 Å². The van der Waals surface area contributed by atoms with Crippen molar-refractivity contribution in [2.24, 2.45) is 11.8 Å². The molecule has 0 aromatic carbocycles. The van der Waals surface area contributed by atoms with Gasteiger partial charge in [0.15, 0.2) is 0 Å². The Labute approximate surface area is 154 Å². The van der Waals surface area contributed by atoms with E-state index in [0.717, 1.165) is 12.8 Å². The molecule has 0 radical (unpaired) electrons. The Morgan fingerprint density at radius 1 is 1.27 bits per heavy atom. The van der Waals surface area contributed by atoms with Gasteiger partial charge in [0, 0.05) is 12.5 Å². The lowest BCUT2D eigenvalue weighted by atomic mass is 9.81. The third kappa shape index (κ3) is 6.08. The summed E-state index contributed by atoms with van der Waals surface area (Å²) in [6, 6.07) is -0.625. The highest BCUT2D eigenvalue weighted by Gasteiger charge is 2.41. The second-order valence-corrected chi connectivity index (χ2v) is 6.12. The molecule has 0 unspecified atom stereocenters. The molecule has 0 spiro atoms. The number of rotatable bonds is 9. The van der Waals surface area contributed by atoms with Gasteiger partial charge in [0.2, 0.25) is 11.8 Å². The quantitative estimate of drug-likeness (QED) is 0.256. The normalized spacial score (nSPS) is 22.5. The van der Waals surface area contributed by atoms with Crippen LogP contribution in [0.15, 0.2) is 11.6 Å². The first kappa shape index (κ1) is 22.1. The van der Waals surface area contributed by atoms with Crippen LogP contribution >= 0.6 is 0 Å². The molecule has 0 heterocycles. The van der Waals surface area contributed by atoms with E-state index in [1.165, 1.54) is 6.92 Å². The van der Waals surface area contributed by atoms with Crippen LogP contribution in [-0.4, -0.2) is 42.6 Å². The first-order valence-corrected chi connectivity index (χ1v) is 8.93. The van der Waals surface area contributed by atoms with Crippen molar-refractivity contribution in [3.8, 4) is 0 Å². The molecule has 0 fully saturated rings. The van der Waals surface area contributed by atoms with Gasteiger partial charge in [-0.05, 0) is 32.3 Å². The Balaban J connectivity index is 3.23. The fourth-order valence-electron chi connectivity index (χ4n) is 3.00. The Hall–Kier alpha value is -1.97. The monoisotopic (exact) mass is 370 g/mol. The highest BCUT2D eigenvalue weighted by atomic mass is 16.5. The zero-order chi connectivity index (χ0) is 19.7. The molecule has 1 aliphatic carbocycles. The van der Waals surface area contributed by atoms with Crippen LogP contribution in [-0.2, 0) is 23.9 Å². The van der Waals surface area contributed by atoms with Gasteiger partial charge in [0.05, 0.1) is 30.8 Å². The van der Waals surface area contributed by atoms with Crippen molar-refractivity contribution in [3.05, 3.63) is 11.6 Å². The van der Waals surface area contributed by atoms with Crippen molar-refractivity contribution in [2.75, 3.05) is 6.61 Å². The number of carbonyl (C=O) groups excluding carboxylic acids is 3. The lowest BCUT2D eigenvalue weighted by Crippen LogP contribution is -2.57. The number of hydrogen-bond acceptors (Lipinski definition) is 7. The maximum absolute atomic E-state index is 12.4. The molecule has 0 saturated carbocycles. The molecule has 0 aromatic heterocycles. The number of hydrazine groups is 2. The van der Waals surface area contributed by atoms with Crippen molar-refractivity contribution in [2.45, 2.75) is 65.2 Å². The van der Waals surface area contributed by atoms with Crippen molar-refractivity contribution in [3.63, 3.8) is 0 Å². The maximum atomic E-state index is 12.4. The summed E-state index contributed by atoms with van der Waals surface area (Å²) in [6.45, 7) is 7.29. The molecular weight excluding hydrogens is 340 g/mol. The van der Waals surface area contributed by atoms with Crippen LogP contribution in [0.4, 0.5) is 0 Å². The zero-order valence-corrected chi connectivity index (χ0v) is 15.8. The van der Waals surface area contributed by atoms with E-state index in [-0.39, 0.29) is 25.0 Å². The van der Waals surface area contributed by atoms with Crippen LogP contribution in [0.5, 0.6) is 0 Å². The van der Waals surface area contributed by atoms with E-state index in [0.29, 0.717) is 5.57 Å². The third-order valence-corrected chi connectivity index (χ3v) is 4.29. The molecule has 0 saturated heterocycles. The fourth-order valence-corrected chi connectivity index (χ4v) is 3.00. The number of carbonyl (C=O) groups is 3. The Bertz CT molecular complexity index is 533. The summed E-state index contributed by atoms with van der Waals surface area (Å²) in [7, 11) is 0. The van der Waals surface area contributed by atoms with Gasteiger partial charge in [0.1, 0.15) is 0 Å². The van der Waals surface area contributed by atoms with E-state index in [1.807, 2.05) is 13.8 Å². The summed E-state index contributed by atoms with van der Waals surface area (Å²) in [5.41, 5.74) is 4.76. The number of ether oxygens (including phenoxy) is 2. The number of nitrogens with one attached hydrogen (secondary N) is 3. The highest BCUT2D eigenvalue weighted by Crippen LogP contribution is 2.29. The van der Waals surface area contributed by atoms with Gasteiger partial charge in [-0.1, -0.05) is 13.8 Å². The fraction of sp³-hybridized carbons (Fsp3) is 0.706. The van der Waals surface area contributed by atoms with E-state index >= 15 is 0 Å². The van der Waals surface area contributed by atoms with E-state index < -0.39 is 29.9 Å². The van der Waals surface area contributed by atoms with Gasteiger partial charge in [-0.25, -0.2) is 4.79 Å². The predicted octanol–water partition coefficient (Wildman–Crippen LogP) is 0.0688. The summed E-state index contributed by atoms with van der Waals surface area (Å²) in [5.74, 6) is 3.21. The highest BCUT2D eigenvalue weighted by molar-refractivity contribution is 5.91. The average Bonchev–Trinajstić information content (AvgIpc) is 2.60. The standard InChI is InChI=1S/C17H30N4O5/c1-5-12(6-2)26-14-9-11(17(24)25-7-3)8-13(16(23)20-21-18)15(14)19-10(4)22/h9,12-15,21H,5-8,18H2,1-4H3,(H,19,22)(H,20,23)/t13-,14+,15+/m0/s1. The molecule has 3 atom stereocenters. The SMILES string of the molecule is CCOC(=O)C1=C[C@@H](OC(CC)CC)[C@H](NC(C)=O)[C@@H](C(=O)NNN)C1. The van der Waals surface area contributed by atoms with Gasteiger partial charge in [-0.3, -0.25) is 20.9 Å². The first-order chi connectivity index (χ1) is 12.4. The summed E-state index contributed by atoms with van der Waals surface area (Å²) in [6.07, 6.45) is 2.60. The molecule has 0 aromatic rings. The number of amides is 2. The molecule has 0 bridgehead atoms. The van der Waals surface area contributed by atoms with E-state index in [1.54, 1.807) is 13.0 Å². The van der Waals surface area contributed by atoms with Gasteiger partial charge < -0.3 is 14.8 Å². The van der Waals surface area contributed by atoms with E-state index in [4.69, 9.17) is 15.3 Å². The minimum Gasteiger partial charge on any atom is -0.463 e. The van der Waals surface area contributed by atoms with Crippen LogP contribution in [0.1, 0.15) is 47.0 Å². The maximum Gasteiger partial charge on any atom is 0.333 e. The Kier molecular flexibility index (Phi) is 9.25. The van der Waals surface area contributed by atoms with Crippen molar-refractivity contribution < 1.29 is 23.9 Å². The van der Waals surface area contributed by atoms with Crippen molar-refractivity contribution in [1.82, 2.24) is 16.3 Å². The van der Waals surface area contributed by atoms with Crippen LogP contribution < -0.4 is 22.1 Å². The second kappa shape index (κ2) is 10.9. The van der Waals surface area contributed by atoms with Crippen molar-refractivity contribution in [1.29, 1.82) is 0 Å². The smallest absolute Gasteiger partial charge is 0.333 e. The molecule has 2 amide bonds. The average molecular weight is 370 g/mol. The lowest BCUT2D eigenvalue weighted by Gasteiger charge is -2.37. The summed E-state index contributed by atoms with van der Waals surface area (Å²) >= 11 is 0. The number of hydrogen-bond donors (Lipinski definition) is 4. The van der Waals surface area contributed by atoms with Gasteiger partial charge in [-0.15, -0.1) is 0 Å². The minimum absolute atomic E-state index is 0.0644. The molecule has 1 aliphatic rings. The molecule has 26 heavy (non-hydrogen) atoms. The van der Waals surface area contributed by atoms with E-state index in [9.17, 15) is 14.4 Å². The lowest BCUT2D eigenvalue weighted by molar-refractivity contribution is -0.139.